The fourth-order valence-corrected chi connectivity index (χ4v) is 3.08. The summed E-state index contributed by atoms with van der Waals surface area (Å²) in [7, 11) is 5.73. The van der Waals surface area contributed by atoms with E-state index in [1.54, 1.807) is 7.11 Å². The first-order valence-electron chi connectivity index (χ1n) is 7.82. The Morgan fingerprint density at radius 1 is 0.958 bits per heavy atom. The summed E-state index contributed by atoms with van der Waals surface area (Å²) in [4.78, 5) is 2.09. The van der Waals surface area contributed by atoms with Crippen LogP contribution in [0.2, 0.25) is 0 Å². The third kappa shape index (κ3) is 2.19. The minimum Gasteiger partial charge on any atom is -0.497 e. The summed E-state index contributed by atoms with van der Waals surface area (Å²) in [6.07, 6.45) is 0. The van der Waals surface area contributed by atoms with E-state index in [1.807, 2.05) is 38.4 Å². The molecule has 24 heavy (non-hydrogen) atoms. The molecule has 0 saturated carbocycles. The van der Waals surface area contributed by atoms with E-state index in [4.69, 9.17) is 9.26 Å². The van der Waals surface area contributed by atoms with E-state index in [-0.39, 0.29) is 0 Å². The molecule has 0 radical (unpaired) electrons. The number of hydrogen-bond acceptors (Lipinski definition) is 4. The second-order valence-corrected chi connectivity index (χ2v) is 5.97. The number of ether oxygens (including phenoxy) is 1. The van der Waals surface area contributed by atoms with Crippen LogP contribution in [-0.4, -0.2) is 26.4 Å². The highest BCUT2D eigenvalue weighted by Crippen LogP contribution is 2.37. The number of rotatable bonds is 3. The Morgan fingerprint density at radius 2 is 1.75 bits per heavy atom. The highest BCUT2D eigenvalue weighted by atomic mass is 16.5. The van der Waals surface area contributed by atoms with E-state index in [0.29, 0.717) is 0 Å². The fourth-order valence-electron chi connectivity index (χ4n) is 3.08. The van der Waals surface area contributed by atoms with Crippen LogP contribution in [0, 0.1) is 0 Å². The number of methoxy groups -OCH3 is 1. The number of benzene rings is 3. The van der Waals surface area contributed by atoms with E-state index < -0.39 is 0 Å². The molecule has 0 atom stereocenters. The van der Waals surface area contributed by atoms with Crippen molar-refractivity contribution in [3.63, 3.8) is 0 Å². The second kappa shape index (κ2) is 5.57. The zero-order valence-electron chi connectivity index (χ0n) is 13.9. The Morgan fingerprint density at radius 3 is 2.46 bits per heavy atom. The van der Waals surface area contributed by atoms with Crippen molar-refractivity contribution in [2.75, 3.05) is 26.1 Å². The molecule has 1 aromatic heterocycles. The highest BCUT2D eigenvalue weighted by molar-refractivity contribution is 6.13. The number of hydrogen-bond donors (Lipinski definition) is 0. The van der Waals surface area contributed by atoms with Crippen LogP contribution in [0.3, 0.4) is 0 Å². The van der Waals surface area contributed by atoms with Crippen molar-refractivity contribution >= 4 is 27.4 Å². The fraction of sp³-hybridized carbons (Fsp3) is 0.150. The van der Waals surface area contributed by atoms with Crippen LogP contribution < -0.4 is 9.64 Å². The van der Waals surface area contributed by atoms with Crippen molar-refractivity contribution in [3.8, 4) is 17.0 Å². The quantitative estimate of drug-likeness (QED) is 0.548. The van der Waals surface area contributed by atoms with Gasteiger partial charge >= 0.3 is 0 Å². The van der Waals surface area contributed by atoms with Crippen LogP contribution in [0.25, 0.3) is 33.0 Å². The third-order valence-electron chi connectivity index (χ3n) is 4.30. The molecule has 0 aliphatic carbocycles. The normalized spacial score (nSPS) is 11.1. The molecule has 4 aromatic rings. The largest absolute Gasteiger partial charge is 0.497 e. The molecule has 4 heteroatoms. The maximum absolute atomic E-state index is 5.76. The third-order valence-corrected chi connectivity index (χ3v) is 4.30. The summed E-state index contributed by atoms with van der Waals surface area (Å²) < 4.78 is 11.0. The molecule has 0 saturated heterocycles. The molecule has 120 valence electrons. The van der Waals surface area contributed by atoms with Gasteiger partial charge in [-0.05, 0) is 41.8 Å². The van der Waals surface area contributed by atoms with Gasteiger partial charge in [-0.3, -0.25) is 0 Å². The zero-order chi connectivity index (χ0) is 16.7. The lowest BCUT2D eigenvalue weighted by molar-refractivity contribution is 0.415. The van der Waals surface area contributed by atoms with Gasteiger partial charge in [-0.15, -0.1) is 0 Å². The van der Waals surface area contributed by atoms with Crippen LogP contribution in [0.5, 0.6) is 5.75 Å². The average Bonchev–Trinajstić information content (AvgIpc) is 3.05. The van der Waals surface area contributed by atoms with Gasteiger partial charge in [0.25, 0.3) is 0 Å². The first-order chi connectivity index (χ1) is 11.7. The molecule has 0 unspecified atom stereocenters. The van der Waals surface area contributed by atoms with Crippen molar-refractivity contribution < 1.29 is 9.26 Å². The van der Waals surface area contributed by atoms with Gasteiger partial charge in [-0.25, -0.2) is 0 Å². The molecule has 1 heterocycles. The summed E-state index contributed by atoms with van der Waals surface area (Å²) in [5, 5.41) is 7.59. The maximum Gasteiger partial charge on any atom is 0.177 e. The van der Waals surface area contributed by atoms with Crippen molar-refractivity contribution in [2.24, 2.45) is 0 Å². The topological polar surface area (TPSA) is 38.5 Å². The second-order valence-electron chi connectivity index (χ2n) is 5.97. The lowest BCUT2D eigenvalue weighted by Gasteiger charge is -2.15. The first kappa shape index (κ1) is 14.6. The summed E-state index contributed by atoms with van der Waals surface area (Å²) in [6.45, 7) is 0. The highest BCUT2D eigenvalue weighted by Gasteiger charge is 2.16. The van der Waals surface area contributed by atoms with Gasteiger partial charge in [0, 0.05) is 25.3 Å². The van der Waals surface area contributed by atoms with Gasteiger partial charge in [0.05, 0.1) is 17.9 Å². The number of nitrogens with zero attached hydrogens (tertiary/aromatic N) is 2. The van der Waals surface area contributed by atoms with Crippen molar-refractivity contribution in [1.29, 1.82) is 0 Å². The molecule has 4 nitrogen and oxygen atoms in total. The predicted octanol–water partition coefficient (Wildman–Crippen LogP) is 4.72. The van der Waals surface area contributed by atoms with Crippen molar-refractivity contribution in [1.82, 2.24) is 5.16 Å². The van der Waals surface area contributed by atoms with Crippen molar-refractivity contribution in [2.45, 2.75) is 0 Å². The summed E-state index contributed by atoms with van der Waals surface area (Å²) in [5.74, 6) is 0.826. The van der Waals surface area contributed by atoms with Crippen LogP contribution in [0.1, 0.15) is 0 Å². The minimum absolute atomic E-state index is 0.822. The Bertz CT molecular complexity index is 1020. The summed E-state index contributed by atoms with van der Waals surface area (Å²) >= 11 is 0. The molecule has 3 aromatic carbocycles. The Hall–Kier alpha value is -3.01. The van der Waals surface area contributed by atoms with Gasteiger partial charge in [0.1, 0.15) is 11.4 Å². The van der Waals surface area contributed by atoms with Gasteiger partial charge in [-0.2, -0.15) is 0 Å². The van der Waals surface area contributed by atoms with Crippen LogP contribution in [0.15, 0.2) is 59.1 Å². The first-order valence-corrected chi connectivity index (χ1v) is 7.82. The van der Waals surface area contributed by atoms with Gasteiger partial charge in [0.15, 0.2) is 5.58 Å². The molecule has 0 aliphatic rings. The monoisotopic (exact) mass is 318 g/mol. The summed E-state index contributed by atoms with van der Waals surface area (Å²) in [6, 6.07) is 18.3. The zero-order valence-corrected chi connectivity index (χ0v) is 13.9. The molecule has 0 amide bonds. The van der Waals surface area contributed by atoms with E-state index in [1.165, 1.54) is 0 Å². The molecule has 0 N–H and O–H groups in total. The molecule has 4 rings (SSSR count). The van der Waals surface area contributed by atoms with Crippen LogP contribution in [0.4, 0.5) is 5.69 Å². The molecule has 0 spiro atoms. The number of fused-ring (bicyclic) bond motifs is 3. The minimum atomic E-state index is 0.822. The number of aromatic nitrogens is 1. The smallest absolute Gasteiger partial charge is 0.177 e. The van der Waals surface area contributed by atoms with E-state index in [9.17, 15) is 0 Å². The molecule has 0 bridgehead atoms. The predicted molar refractivity (Wildman–Crippen MR) is 97.8 cm³/mol. The maximum atomic E-state index is 5.76. The van der Waals surface area contributed by atoms with Crippen LogP contribution >= 0.6 is 0 Å². The molecular weight excluding hydrogens is 300 g/mol. The Labute approximate surface area is 140 Å². The SMILES string of the molecule is COc1ccc(-c2noc3c2ccc2cccc(N(C)C)c23)cc1. The van der Waals surface area contributed by atoms with Gasteiger partial charge < -0.3 is 14.2 Å². The summed E-state index contributed by atoms with van der Waals surface area (Å²) in [5.41, 5.74) is 3.80. The van der Waals surface area contributed by atoms with Crippen LogP contribution in [-0.2, 0) is 0 Å². The Balaban J connectivity index is 1.98. The van der Waals surface area contributed by atoms with Crippen molar-refractivity contribution in [3.05, 3.63) is 54.6 Å². The lowest BCUT2D eigenvalue weighted by atomic mass is 10.0. The van der Waals surface area contributed by atoms with Gasteiger partial charge in [0.2, 0.25) is 0 Å². The lowest BCUT2D eigenvalue weighted by Crippen LogP contribution is -2.08. The number of anilines is 1. The molecule has 0 fully saturated rings. The van der Waals surface area contributed by atoms with E-state index >= 15 is 0 Å². The molecule has 0 aliphatic heterocycles. The molecular formula is C20H18N2O2. The Kier molecular flexibility index (Phi) is 3.38. The van der Waals surface area contributed by atoms with Gasteiger partial charge in [-0.1, -0.05) is 23.4 Å². The van der Waals surface area contributed by atoms with E-state index in [0.717, 1.165) is 44.4 Å². The average molecular weight is 318 g/mol. The van der Waals surface area contributed by atoms with E-state index in [2.05, 4.69) is 40.4 Å². The standard InChI is InChI=1S/C20H18N2O2/c1-22(2)17-6-4-5-13-9-12-16-19(21-24-20(16)18(13)17)14-7-10-15(23-3)11-8-14/h4-12H,1-3H3.